The van der Waals surface area contributed by atoms with Crippen molar-refractivity contribution in [1.82, 2.24) is 10.6 Å². The lowest BCUT2D eigenvalue weighted by Crippen LogP contribution is -2.31. The zero-order valence-corrected chi connectivity index (χ0v) is 5.35. The molecule has 0 spiro atoms. The predicted octanol–water partition coefficient (Wildman–Crippen LogP) is -1.19. The van der Waals surface area contributed by atoms with E-state index < -0.39 is 0 Å². The largest absolute Gasteiger partial charge is 0.298 e. The summed E-state index contributed by atoms with van der Waals surface area (Å²) in [6.45, 7) is 0.413. The molecule has 0 aliphatic heterocycles. The average molecular weight is 137 g/mol. The summed E-state index contributed by atoms with van der Waals surface area (Å²) in [6, 6.07) is 0. The van der Waals surface area contributed by atoms with Crippen LogP contribution in [0, 0.1) is 23.8 Å². The maximum atomic E-state index is 10.5. The van der Waals surface area contributed by atoms with Gasteiger partial charge in [-0.1, -0.05) is 5.92 Å². The Labute approximate surface area is 59.2 Å². The Balaban J connectivity index is 3.26. The molecule has 0 unspecified atom stereocenters. The van der Waals surface area contributed by atoms with Crippen molar-refractivity contribution in [2.45, 2.75) is 0 Å². The molecule has 0 bridgehead atoms. The lowest BCUT2D eigenvalue weighted by atomic mass is 10.5. The van der Waals surface area contributed by atoms with Crippen LogP contribution < -0.4 is 10.6 Å². The molecular weight excluding hydrogens is 130 g/mol. The van der Waals surface area contributed by atoms with Gasteiger partial charge in [-0.3, -0.25) is 15.4 Å². The van der Waals surface area contributed by atoms with Crippen LogP contribution in [-0.2, 0) is 4.79 Å². The minimum Gasteiger partial charge on any atom is -0.298 e. The third-order valence-corrected chi connectivity index (χ3v) is 0.708. The average Bonchev–Trinajstić information content (AvgIpc) is 1.89. The highest BCUT2D eigenvalue weighted by Gasteiger charge is 1.95. The fourth-order valence-corrected chi connectivity index (χ4v) is 0.355. The van der Waals surface area contributed by atoms with Gasteiger partial charge in [0.05, 0.1) is 13.1 Å². The van der Waals surface area contributed by atoms with Crippen LogP contribution in [0.3, 0.4) is 0 Å². The summed E-state index contributed by atoms with van der Waals surface area (Å²) >= 11 is 0. The van der Waals surface area contributed by atoms with Crippen LogP contribution >= 0.6 is 0 Å². The van der Waals surface area contributed by atoms with Gasteiger partial charge in [-0.05, 0) is 0 Å². The van der Waals surface area contributed by atoms with Gasteiger partial charge in [0, 0.05) is 0 Å². The summed E-state index contributed by atoms with van der Waals surface area (Å²) < 4.78 is 0. The molecule has 10 heavy (non-hydrogen) atoms. The van der Waals surface area contributed by atoms with Crippen LogP contribution in [-0.4, -0.2) is 19.0 Å². The second kappa shape index (κ2) is 5.61. The summed E-state index contributed by atoms with van der Waals surface area (Å²) in [5.74, 6) is 1.91. The Kier molecular flexibility index (Phi) is 4.76. The van der Waals surface area contributed by atoms with Gasteiger partial charge in [0.15, 0.2) is 6.19 Å². The Morgan fingerprint density at radius 3 is 2.90 bits per heavy atom. The number of amides is 1. The monoisotopic (exact) mass is 137 g/mol. The number of nitrogens with one attached hydrogen (secondary N) is 2. The van der Waals surface area contributed by atoms with Crippen molar-refractivity contribution >= 4 is 5.91 Å². The lowest BCUT2D eigenvalue weighted by molar-refractivity contribution is -0.119. The van der Waals surface area contributed by atoms with E-state index in [4.69, 9.17) is 11.7 Å². The third-order valence-electron chi connectivity index (χ3n) is 0.708. The second-order valence-corrected chi connectivity index (χ2v) is 1.47. The Morgan fingerprint density at radius 2 is 2.40 bits per heavy atom. The molecule has 0 saturated heterocycles. The molecule has 0 fully saturated rings. The van der Waals surface area contributed by atoms with Gasteiger partial charge < -0.3 is 0 Å². The lowest BCUT2D eigenvalue weighted by Gasteiger charge is -1.95. The number of nitrogens with zero attached hydrogens (tertiary/aromatic N) is 1. The fraction of sp³-hybridized carbons (Fsp3) is 0.333. The first-order valence-electron chi connectivity index (χ1n) is 2.63. The van der Waals surface area contributed by atoms with Crippen molar-refractivity contribution in [2.75, 3.05) is 13.1 Å². The zero-order valence-electron chi connectivity index (χ0n) is 5.35. The Morgan fingerprint density at radius 1 is 1.70 bits per heavy atom. The maximum absolute atomic E-state index is 10.5. The van der Waals surface area contributed by atoms with E-state index in [0.717, 1.165) is 0 Å². The number of rotatable bonds is 3. The van der Waals surface area contributed by atoms with E-state index in [2.05, 4.69) is 11.2 Å². The molecule has 0 saturated carbocycles. The van der Waals surface area contributed by atoms with Crippen LogP contribution in [0.15, 0.2) is 0 Å². The Bertz CT molecular complexity index is 186. The minimum absolute atomic E-state index is 0.0811. The molecule has 0 aromatic heterocycles. The summed E-state index contributed by atoms with van der Waals surface area (Å²) in [6.07, 6.45) is 6.38. The number of terminal acetylenes is 1. The molecule has 4 nitrogen and oxygen atoms in total. The molecule has 52 valence electrons. The van der Waals surface area contributed by atoms with Gasteiger partial charge >= 0.3 is 0 Å². The fourth-order valence-electron chi connectivity index (χ4n) is 0.355. The van der Waals surface area contributed by atoms with Gasteiger partial charge in [0.1, 0.15) is 0 Å². The van der Waals surface area contributed by atoms with E-state index in [-0.39, 0.29) is 12.5 Å². The molecular formula is C6H7N3O. The Hall–Kier alpha value is -1.52. The smallest absolute Gasteiger partial charge is 0.246 e. The van der Waals surface area contributed by atoms with Crippen molar-refractivity contribution in [1.29, 1.82) is 5.26 Å². The minimum atomic E-state index is -0.377. The van der Waals surface area contributed by atoms with Crippen LogP contribution in [0.5, 0.6) is 0 Å². The summed E-state index contributed by atoms with van der Waals surface area (Å²) in [4.78, 5) is 10.5. The van der Waals surface area contributed by atoms with Gasteiger partial charge in [0.25, 0.3) is 0 Å². The van der Waals surface area contributed by atoms with Crippen LogP contribution in [0.4, 0.5) is 0 Å². The standard InChI is InChI=1S/C6H7N3O/c1-2-3-8-4-6(10)9-5-7/h1,8H,3-4H2,(H,9,10). The van der Waals surface area contributed by atoms with E-state index in [1.54, 1.807) is 0 Å². The van der Waals surface area contributed by atoms with E-state index >= 15 is 0 Å². The van der Waals surface area contributed by atoms with Crippen molar-refractivity contribution < 1.29 is 4.79 Å². The van der Waals surface area contributed by atoms with Crippen molar-refractivity contribution in [3.8, 4) is 18.5 Å². The molecule has 4 heteroatoms. The van der Waals surface area contributed by atoms with Crippen molar-refractivity contribution in [2.24, 2.45) is 0 Å². The number of hydrogen-bond donors (Lipinski definition) is 2. The number of hydrogen-bond acceptors (Lipinski definition) is 3. The third kappa shape index (κ3) is 4.63. The SMILES string of the molecule is C#CCNCC(=O)NC#N. The van der Waals surface area contributed by atoms with E-state index in [9.17, 15) is 4.79 Å². The van der Waals surface area contributed by atoms with E-state index in [1.165, 1.54) is 6.19 Å². The molecule has 0 aliphatic rings. The van der Waals surface area contributed by atoms with Crippen molar-refractivity contribution in [3.05, 3.63) is 0 Å². The van der Waals surface area contributed by atoms with Gasteiger partial charge in [0.2, 0.25) is 5.91 Å². The molecule has 0 aromatic carbocycles. The van der Waals surface area contributed by atoms with Gasteiger partial charge in [-0.2, -0.15) is 5.26 Å². The molecule has 0 atom stereocenters. The molecule has 1 amide bonds. The molecule has 0 heterocycles. The van der Waals surface area contributed by atoms with Crippen LogP contribution in [0.2, 0.25) is 0 Å². The summed E-state index contributed by atoms with van der Waals surface area (Å²) in [5.41, 5.74) is 0. The quantitative estimate of drug-likeness (QED) is 0.222. The molecule has 0 radical (unpaired) electrons. The highest BCUT2D eigenvalue weighted by molar-refractivity contribution is 5.79. The van der Waals surface area contributed by atoms with Crippen molar-refractivity contribution in [3.63, 3.8) is 0 Å². The van der Waals surface area contributed by atoms with Crippen LogP contribution in [0.25, 0.3) is 0 Å². The molecule has 0 aromatic rings. The number of carbonyl (C=O) groups is 1. The normalized spacial score (nSPS) is 7.40. The first-order valence-corrected chi connectivity index (χ1v) is 2.63. The number of carbonyl (C=O) groups excluding carboxylic acids is 1. The summed E-state index contributed by atoms with van der Waals surface area (Å²) in [7, 11) is 0. The van der Waals surface area contributed by atoms with E-state index in [0.29, 0.717) is 6.54 Å². The second-order valence-electron chi connectivity index (χ2n) is 1.47. The zero-order chi connectivity index (χ0) is 7.82. The molecule has 0 rings (SSSR count). The van der Waals surface area contributed by atoms with Gasteiger partial charge in [-0.15, -0.1) is 6.42 Å². The highest BCUT2D eigenvalue weighted by atomic mass is 16.1. The highest BCUT2D eigenvalue weighted by Crippen LogP contribution is 1.59. The first-order chi connectivity index (χ1) is 4.81. The van der Waals surface area contributed by atoms with Gasteiger partial charge in [-0.25, -0.2) is 0 Å². The van der Waals surface area contributed by atoms with E-state index in [1.807, 2.05) is 5.32 Å². The molecule has 2 N–H and O–H groups in total. The van der Waals surface area contributed by atoms with Crippen LogP contribution in [0.1, 0.15) is 0 Å². The maximum Gasteiger partial charge on any atom is 0.246 e. The topological polar surface area (TPSA) is 64.9 Å². The molecule has 0 aliphatic carbocycles. The predicted molar refractivity (Wildman–Crippen MR) is 35.5 cm³/mol. The first kappa shape index (κ1) is 8.48. The summed E-state index contributed by atoms with van der Waals surface area (Å²) in [5, 5.41) is 12.5. The number of nitriles is 1.